The number of nitrogens with zero attached hydrogens (tertiary/aromatic N) is 4. The van der Waals surface area contributed by atoms with Crippen molar-refractivity contribution in [3.63, 3.8) is 0 Å². The van der Waals surface area contributed by atoms with E-state index in [1.165, 1.54) is 5.56 Å². The zero-order chi connectivity index (χ0) is 16.1. The molecule has 1 aliphatic heterocycles. The lowest BCUT2D eigenvalue weighted by molar-refractivity contribution is 0.358. The molecule has 5 nitrogen and oxygen atoms in total. The summed E-state index contributed by atoms with van der Waals surface area (Å²) < 4.78 is 9.87. The molecule has 0 fully saturated rings. The van der Waals surface area contributed by atoms with Crippen LogP contribution in [-0.2, 0) is 6.54 Å². The van der Waals surface area contributed by atoms with Gasteiger partial charge in [-0.1, -0.05) is 23.8 Å². The number of pyridine rings is 1. The third-order valence-corrected chi connectivity index (χ3v) is 4.42. The molecule has 0 saturated carbocycles. The van der Waals surface area contributed by atoms with Crippen LogP contribution in [0.5, 0.6) is 5.88 Å². The summed E-state index contributed by atoms with van der Waals surface area (Å²) in [6.07, 6.45) is 5.84. The third kappa shape index (κ3) is 1.94. The smallest absolute Gasteiger partial charge is 0.220 e. The number of aryl methyl sites for hydroxylation is 1. The Morgan fingerprint density at radius 2 is 2.08 bits per heavy atom. The van der Waals surface area contributed by atoms with Crippen LogP contribution in [0.15, 0.2) is 55.0 Å². The van der Waals surface area contributed by atoms with Crippen molar-refractivity contribution in [2.75, 3.05) is 6.61 Å². The highest BCUT2D eigenvalue weighted by Crippen LogP contribution is 2.41. The summed E-state index contributed by atoms with van der Waals surface area (Å²) in [6, 6.07) is 12.5. The summed E-state index contributed by atoms with van der Waals surface area (Å²) in [5.74, 6) is 0.853. The van der Waals surface area contributed by atoms with Gasteiger partial charge < -0.3 is 9.14 Å². The fourth-order valence-electron chi connectivity index (χ4n) is 3.30. The molecule has 1 aliphatic rings. The quantitative estimate of drug-likeness (QED) is 0.568. The molecule has 0 radical (unpaired) electrons. The molecule has 1 aromatic carbocycles. The van der Waals surface area contributed by atoms with E-state index in [0.29, 0.717) is 6.61 Å². The fourth-order valence-corrected chi connectivity index (χ4v) is 3.30. The number of ether oxygens (including phenoxy) is 1. The van der Waals surface area contributed by atoms with Gasteiger partial charge in [-0.25, -0.2) is 9.67 Å². The Bertz CT molecular complexity index is 1060. The van der Waals surface area contributed by atoms with E-state index in [4.69, 9.17) is 9.84 Å². The summed E-state index contributed by atoms with van der Waals surface area (Å²) in [5.41, 5.74) is 6.36. The molecule has 0 spiro atoms. The highest BCUT2D eigenvalue weighted by atomic mass is 16.5. The second-order valence-electron chi connectivity index (χ2n) is 6.08. The summed E-state index contributed by atoms with van der Waals surface area (Å²) in [5, 5.41) is 4.81. The van der Waals surface area contributed by atoms with Crippen LogP contribution >= 0.6 is 0 Å². The maximum absolute atomic E-state index is 5.89. The lowest BCUT2D eigenvalue weighted by Gasteiger charge is -2.07. The molecule has 5 heteroatoms. The lowest BCUT2D eigenvalue weighted by atomic mass is 10.0. The molecule has 0 unspecified atom stereocenters. The number of aromatic nitrogens is 4. The van der Waals surface area contributed by atoms with Gasteiger partial charge in [-0.05, 0) is 25.1 Å². The van der Waals surface area contributed by atoms with E-state index >= 15 is 0 Å². The molecule has 4 heterocycles. The summed E-state index contributed by atoms with van der Waals surface area (Å²) in [7, 11) is 0. The molecule has 0 N–H and O–H groups in total. The average Bonchev–Trinajstić information content (AvgIpc) is 3.29. The molecular weight excluding hydrogens is 300 g/mol. The summed E-state index contributed by atoms with van der Waals surface area (Å²) >= 11 is 0. The molecule has 5 rings (SSSR count). The topological polar surface area (TPSA) is 44.4 Å². The zero-order valence-corrected chi connectivity index (χ0v) is 13.3. The monoisotopic (exact) mass is 316 g/mol. The highest BCUT2D eigenvalue weighted by Gasteiger charge is 2.25. The minimum atomic E-state index is 0.677. The van der Waals surface area contributed by atoms with Gasteiger partial charge in [0.15, 0.2) is 0 Å². The van der Waals surface area contributed by atoms with Gasteiger partial charge in [0.1, 0.15) is 17.9 Å². The van der Waals surface area contributed by atoms with Crippen molar-refractivity contribution in [3.05, 3.63) is 60.6 Å². The van der Waals surface area contributed by atoms with Crippen molar-refractivity contribution in [2.24, 2.45) is 0 Å². The van der Waals surface area contributed by atoms with E-state index in [9.17, 15) is 0 Å². The largest absolute Gasteiger partial charge is 0.475 e. The Balaban J connectivity index is 1.77. The molecule has 0 amide bonds. The Kier molecular flexibility index (Phi) is 2.76. The van der Waals surface area contributed by atoms with E-state index in [1.807, 2.05) is 21.3 Å². The Morgan fingerprint density at radius 1 is 1.12 bits per heavy atom. The average molecular weight is 316 g/mol. The van der Waals surface area contributed by atoms with Crippen molar-refractivity contribution >= 4 is 5.65 Å². The summed E-state index contributed by atoms with van der Waals surface area (Å²) in [6.45, 7) is 3.57. The first kappa shape index (κ1) is 13.4. The molecule has 0 saturated heterocycles. The molecule has 0 bridgehead atoms. The number of rotatable bonds is 2. The predicted molar refractivity (Wildman–Crippen MR) is 92.1 cm³/mol. The van der Waals surface area contributed by atoms with Crippen LogP contribution in [-0.4, -0.2) is 25.8 Å². The van der Waals surface area contributed by atoms with Crippen LogP contribution in [0.4, 0.5) is 0 Å². The first-order valence-electron chi connectivity index (χ1n) is 8.03. The van der Waals surface area contributed by atoms with Crippen LogP contribution < -0.4 is 4.74 Å². The van der Waals surface area contributed by atoms with Crippen LogP contribution in [0.1, 0.15) is 5.56 Å². The summed E-state index contributed by atoms with van der Waals surface area (Å²) in [4.78, 5) is 4.32. The van der Waals surface area contributed by atoms with Gasteiger partial charge in [0.05, 0.1) is 12.1 Å². The van der Waals surface area contributed by atoms with Gasteiger partial charge in [0.2, 0.25) is 5.88 Å². The SMILES string of the molecule is Cc1cccc(-c2nn3c(c2-c2ccc4nccn4c2)OCC3)c1. The Hall–Kier alpha value is -3.08. The fraction of sp³-hybridized carbons (Fsp3) is 0.158. The van der Waals surface area contributed by atoms with Gasteiger partial charge in [-0.2, -0.15) is 5.10 Å². The maximum atomic E-state index is 5.89. The van der Waals surface area contributed by atoms with Crippen molar-refractivity contribution in [1.82, 2.24) is 19.2 Å². The molecule has 0 atom stereocenters. The van der Waals surface area contributed by atoms with E-state index in [-0.39, 0.29) is 0 Å². The molecule has 0 aliphatic carbocycles. The Labute approximate surface area is 139 Å². The number of hydrogen-bond donors (Lipinski definition) is 0. The number of hydrogen-bond acceptors (Lipinski definition) is 3. The van der Waals surface area contributed by atoms with Crippen molar-refractivity contribution in [2.45, 2.75) is 13.5 Å². The minimum absolute atomic E-state index is 0.677. The molecule has 3 aromatic heterocycles. The van der Waals surface area contributed by atoms with E-state index in [1.54, 1.807) is 6.20 Å². The van der Waals surface area contributed by atoms with E-state index < -0.39 is 0 Å². The van der Waals surface area contributed by atoms with Crippen molar-refractivity contribution < 1.29 is 4.74 Å². The van der Waals surface area contributed by atoms with Gasteiger partial charge in [-0.15, -0.1) is 0 Å². The van der Waals surface area contributed by atoms with Crippen molar-refractivity contribution in [1.29, 1.82) is 0 Å². The lowest BCUT2D eigenvalue weighted by Crippen LogP contribution is -1.97. The van der Waals surface area contributed by atoms with Crippen LogP contribution in [0.2, 0.25) is 0 Å². The standard InChI is InChI=1S/C19H16N4O/c1-13-3-2-4-14(11-13)18-17(19-23(21-18)9-10-24-19)15-5-6-16-20-7-8-22(16)12-15/h2-8,11-12H,9-10H2,1H3. The molecular formula is C19H16N4O. The van der Waals surface area contributed by atoms with Gasteiger partial charge in [0, 0.05) is 29.7 Å². The predicted octanol–water partition coefficient (Wildman–Crippen LogP) is 3.57. The van der Waals surface area contributed by atoms with Crippen LogP contribution in [0.25, 0.3) is 28.0 Å². The number of fused-ring (bicyclic) bond motifs is 2. The normalized spacial score (nSPS) is 13.2. The number of imidazole rings is 1. The molecule has 24 heavy (non-hydrogen) atoms. The third-order valence-electron chi connectivity index (χ3n) is 4.42. The van der Waals surface area contributed by atoms with Crippen molar-refractivity contribution in [3.8, 4) is 28.3 Å². The second-order valence-corrected chi connectivity index (χ2v) is 6.08. The van der Waals surface area contributed by atoms with Crippen LogP contribution in [0.3, 0.4) is 0 Å². The van der Waals surface area contributed by atoms with E-state index in [0.717, 1.165) is 40.5 Å². The minimum Gasteiger partial charge on any atom is -0.475 e. The van der Waals surface area contributed by atoms with Crippen LogP contribution in [0, 0.1) is 6.92 Å². The molecule has 118 valence electrons. The molecule has 4 aromatic rings. The zero-order valence-electron chi connectivity index (χ0n) is 13.3. The first-order valence-corrected chi connectivity index (χ1v) is 8.03. The number of benzene rings is 1. The second kappa shape index (κ2) is 4.96. The first-order chi connectivity index (χ1) is 11.8. The van der Waals surface area contributed by atoms with Gasteiger partial charge in [0.25, 0.3) is 0 Å². The highest BCUT2D eigenvalue weighted by molar-refractivity contribution is 5.85. The Morgan fingerprint density at radius 3 is 3.00 bits per heavy atom. The van der Waals surface area contributed by atoms with E-state index in [2.05, 4.69) is 48.4 Å². The maximum Gasteiger partial charge on any atom is 0.220 e. The van der Waals surface area contributed by atoms with Gasteiger partial charge in [-0.3, -0.25) is 0 Å². The van der Waals surface area contributed by atoms with Gasteiger partial charge >= 0.3 is 0 Å².